The van der Waals surface area contributed by atoms with Crippen molar-refractivity contribution in [3.8, 4) is 0 Å². The zero-order valence-corrected chi connectivity index (χ0v) is 9.54. The smallest absolute Gasteiger partial charge is 0.0315 e. The molecule has 2 radical (unpaired) electrons. The van der Waals surface area contributed by atoms with Gasteiger partial charge in [-0.2, -0.15) is 0 Å². The van der Waals surface area contributed by atoms with E-state index in [0.717, 1.165) is 17.8 Å². The molecule has 0 aromatic rings. The Morgan fingerprint density at radius 1 is 1.00 bits per heavy atom. The van der Waals surface area contributed by atoms with Crippen molar-refractivity contribution in [2.24, 2.45) is 23.7 Å². The van der Waals surface area contributed by atoms with Crippen molar-refractivity contribution >= 4 is 0 Å². The fourth-order valence-corrected chi connectivity index (χ4v) is 3.50. The molecule has 2 saturated carbocycles. The van der Waals surface area contributed by atoms with E-state index in [9.17, 15) is 0 Å². The van der Waals surface area contributed by atoms with Crippen molar-refractivity contribution in [1.29, 1.82) is 0 Å². The van der Waals surface area contributed by atoms with Crippen molar-refractivity contribution < 1.29 is 0 Å². The minimum Gasteiger partial charge on any atom is -0.0622 e. The molecule has 2 rings (SSSR count). The van der Waals surface area contributed by atoms with Crippen molar-refractivity contribution in [2.45, 2.75) is 58.3 Å². The van der Waals surface area contributed by atoms with Gasteiger partial charge in [-0.1, -0.05) is 39.0 Å². The lowest BCUT2D eigenvalue weighted by Crippen LogP contribution is -2.10. The Kier molecular flexibility index (Phi) is 3.52. The van der Waals surface area contributed by atoms with E-state index in [4.69, 9.17) is 6.92 Å². The molecule has 0 aliphatic heterocycles. The first-order chi connectivity index (χ1) is 6.75. The van der Waals surface area contributed by atoms with Gasteiger partial charge in [0.25, 0.3) is 0 Å². The third-order valence-corrected chi connectivity index (χ3v) is 4.43. The molecule has 14 heavy (non-hydrogen) atoms. The summed E-state index contributed by atoms with van der Waals surface area (Å²) < 4.78 is 0. The molecule has 2 fully saturated rings. The summed E-state index contributed by atoms with van der Waals surface area (Å²) in [7, 11) is 0. The highest BCUT2D eigenvalue weighted by Crippen LogP contribution is 2.41. The van der Waals surface area contributed by atoms with Crippen LogP contribution in [0.2, 0.25) is 0 Å². The molecule has 0 aromatic heterocycles. The Morgan fingerprint density at radius 3 is 2.29 bits per heavy atom. The van der Waals surface area contributed by atoms with Gasteiger partial charge in [0.2, 0.25) is 0 Å². The van der Waals surface area contributed by atoms with Crippen molar-refractivity contribution in [1.82, 2.24) is 0 Å². The maximum atomic E-state index is 6.07. The second kappa shape index (κ2) is 4.68. The lowest BCUT2D eigenvalue weighted by Gasteiger charge is -2.24. The molecule has 80 valence electrons. The second-order valence-electron chi connectivity index (χ2n) is 5.72. The van der Waals surface area contributed by atoms with Crippen LogP contribution in [0.15, 0.2) is 0 Å². The number of rotatable bonds is 2. The average molecular weight is 192 g/mol. The van der Waals surface area contributed by atoms with Crippen LogP contribution in [0.5, 0.6) is 0 Å². The van der Waals surface area contributed by atoms with Gasteiger partial charge in [-0.05, 0) is 49.9 Å². The first-order valence-electron chi connectivity index (χ1n) is 6.51. The quantitative estimate of drug-likeness (QED) is 0.611. The van der Waals surface area contributed by atoms with Crippen LogP contribution < -0.4 is 0 Å². The standard InChI is InChI=1S/C14H24/c1-11-8-14(9-12(11)2)10-13-6-4-3-5-7-13/h1,11-14H,3-10H2,2H3. The molecule has 3 atom stereocenters. The molecule has 2 aliphatic carbocycles. The zero-order valence-electron chi connectivity index (χ0n) is 9.54. The lowest BCUT2D eigenvalue weighted by atomic mass is 9.82. The number of hydrogen-bond donors (Lipinski definition) is 0. The summed E-state index contributed by atoms with van der Waals surface area (Å²) in [6.07, 6.45) is 11.6. The van der Waals surface area contributed by atoms with Gasteiger partial charge in [0.1, 0.15) is 0 Å². The van der Waals surface area contributed by atoms with Gasteiger partial charge in [0.05, 0.1) is 0 Å². The van der Waals surface area contributed by atoms with Gasteiger partial charge >= 0.3 is 0 Å². The summed E-state index contributed by atoms with van der Waals surface area (Å²) in [6, 6.07) is 0. The van der Waals surface area contributed by atoms with E-state index in [1.54, 1.807) is 0 Å². The van der Waals surface area contributed by atoms with Crippen LogP contribution in [0, 0.1) is 30.6 Å². The van der Waals surface area contributed by atoms with E-state index >= 15 is 0 Å². The van der Waals surface area contributed by atoms with Crippen LogP contribution in [0.25, 0.3) is 0 Å². The first-order valence-corrected chi connectivity index (χ1v) is 6.51. The average Bonchev–Trinajstić information content (AvgIpc) is 2.47. The molecule has 0 nitrogen and oxygen atoms in total. The summed E-state index contributed by atoms with van der Waals surface area (Å²) in [5, 5.41) is 0. The molecular formula is C14H24. The van der Waals surface area contributed by atoms with Crippen LogP contribution in [-0.2, 0) is 0 Å². The molecule has 3 unspecified atom stereocenters. The van der Waals surface area contributed by atoms with Crippen LogP contribution in [0.1, 0.15) is 58.3 Å². The summed E-state index contributed by atoms with van der Waals surface area (Å²) in [5.41, 5.74) is 0. The third kappa shape index (κ3) is 2.52. The van der Waals surface area contributed by atoms with Gasteiger partial charge in [-0.3, -0.25) is 0 Å². The maximum absolute atomic E-state index is 6.07. The summed E-state index contributed by atoms with van der Waals surface area (Å²) in [5.74, 6) is 3.29. The minimum absolute atomic E-state index is 0.503. The van der Waals surface area contributed by atoms with E-state index in [2.05, 4.69) is 6.92 Å². The molecule has 2 aliphatic rings. The molecule has 0 spiro atoms. The van der Waals surface area contributed by atoms with E-state index in [0.29, 0.717) is 5.92 Å². The molecule has 0 heterocycles. The van der Waals surface area contributed by atoms with Gasteiger partial charge < -0.3 is 0 Å². The number of hydrogen-bond acceptors (Lipinski definition) is 0. The fraction of sp³-hybridized carbons (Fsp3) is 0.929. The van der Waals surface area contributed by atoms with E-state index in [-0.39, 0.29) is 0 Å². The fourth-order valence-electron chi connectivity index (χ4n) is 3.50. The molecule has 0 saturated heterocycles. The summed E-state index contributed by atoms with van der Waals surface area (Å²) in [6.45, 7) is 8.40. The molecule has 0 amide bonds. The van der Waals surface area contributed by atoms with E-state index in [1.807, 2.05) is 0 Å². The second-order valence-corrected chi connectivity index (χ2v) is 5.72. The Labute approximate surface area is 89.5 Å². The highest BCUT2D eigenvalue weighted by Gasteiger charge is 2.30. The predicted octanol–water partition coefficient (Wildman–Crippen LogP) is 4.33. The van der Waals surface area contributed by atoms with E-state index < -0.39 is 0 Å². The van der Waals surface area contributed by atoms with Crippen molar-refractivity contribution in [3.05, 3.63) is 6.92 Å². The van der Waals surface area contributed by atoms with Gasteiger partial charge in [0, 0.05) is 0 Å². The monoisotopic (exact) mass is 192 g/mol. The summed E-state index contributed by atoms with van der Waals surface area (Å²) >= 11 is 0. The highest BCUT2D eigenvalue weighted by molar-refractivity contribution is 4.84. The van der Waals surface area contributed by atoms with Crippen molar-refractivity contribution in [3.63, 3.8) is 0 Å². The Bertz CT molecular complexity index is 157. The minimum atomic E-state index is 0.503. The molecule has 0 heteroatoms. The molecule has 0 N–H and O–H groups in total. The van der Waals surface area contributed by atoms with Crippen LogP contribution in [0.4, 0.5) is 0 Å². The predicted molar refractivity (Wildman–Crippen MR) is 60.9 cm³/mol. The largest absolute Gasteiger partial charge is 0.0622 e. The van der Waals surface area contributed by atoms with Crippen LogP contribution in [-0.4, -0.2) is 0 Å². The topological polar surface area (TPSA) is 0 Å². The van der Waals surface area contributed by atoms with E-state index in [1.165, 1.54) is 51.4 Å². The first kappa shape index (κ1) is 10.5. The van der Waals surface area contributed by atoms with Gasteiger partial charge in [0.15, 0.2) is 0 Å². The SMILES string of the molecule is [CH]C1CC(CC2CCCCC2)CC1C. The molecule has 0 bridgehead atoms. The molecular weight excluding hydrogens is 168 g/mol. The van der Waals surface area contributed by atoms with Crippen LogP contribution in [0.3, 0.4) is 0 Å². The Morgan fingerprint density at radius 2 is 1.71 bits per heavy atom. The maximum Gasteiger partial charge on any atom is -0.0315 e. The summed E-state index contributed by atoms with van der Waals surface area (Å²) in [4.78, 5) is 0. The Balaban J connectivity index is 1.74. The third-order valence-electron chi connectivity index (χ3n) is 4.43. The molecule has 0 aromatic carbocycles. The normalized spacial score (nSPS) is 40.3. The van der Waals surface area contributed by atoms with Crippen LogP contribution >= 0.6 is 0 Å². The highest BCUT2D eigenvalue weighted by atomic mass is 14.4. The van der Waals surface area contributed by atoms with Crippen molar-refractivity contribution in [2.75, 3.05) is 0 Å². The van der Waals surface area contributed by atoms with Gasteiger partial charge in [-0.15, -0.1) is 0 Å². The lowest BCUT2D eigenvalue weighted by molar-refractivity contribution is 0.285. The van der Waals surface area contributed by atoms with Gasteiger partial charge in [-0.25, -0.2) is 0 Å². The Hall–Kier alpha value is 0. The zero-order chi connectivity index (χ0) is 9.97.